The molecule has 2 heterocycles. The maximum absolute atomic E-state index is 11.7. The summed E-state index contributed by atoms with van der Waals surface area (Å²) in [7, 11) is 1.45. The van der Waals surface area contributed by atoms with Gasteiger partial charge in [-0.1, -0.05) is 18.3 Å². The van der Waals surface area contributed by atoms with Gasteiger partial charge in [0, 0.05) is 37.7 Å². The lowest BCUT2D eigenvalue weighted by Gasteiger charge is -2.14. The minimum Gasteiger partial charge on any atom is -0.469 e. The molecule has 1 aliphatic heterocycles. The minimum absolute atomic E-state index is 0.0290. The van der Waals surface area contributed by atoms with E-state index in [0.29, 0.717) is 5.92 Å². The van der Waals surface area contributed by atoms with Crippen molar-refractivity contribution >= 4 is 22.5 Å². The Morgan fingerprint density at radius 2 is 2.35 bits per heavy atom. The second kappa shape index (κ2) is 6.99. The van der Waals surface area contributed by atoms with Gasteiger partial charge in [-0.25, -0.2) is 0 Å². The first-order valence-electron chi connectivity index (χ1n) is 7.01. The third-order valence-corrected chi connectivity index (χ3v) is 4.38. The van der Waals surface area contributed by atoms with Crippen LogP contribution in [-0.4, -0.2) is 47.2 Å². The van der Waals surface area contributed by atoms with Gasteiger partial charge in [-0.15, -0.1) is 5.10 Å². The molecule has 0 radical (unpaired) electrons. The van der Waals surface area contributed by atoms with Crippen LogP contribution in [0.5, 0.6) is 0 Å². The van der Waals surface area contributed by atoms with Crippen LogP contribution in [0.15, 0.2) is 0 Å². The first-order valence-corrected chi connectivity index (χ1v) is 7.78. The Bertz CT molecular complexity index is 451. The molecule has 2 rings (SSSR count). The molecule has 1 saturated heterocycles. The summed E-state index contributed by atoms with van der Waals surface area (Å²) < 4.78 is 8.88. The number of nitrogens with one attached hydrogen (secondary N) is 1. The number of hydrogen-bond acceptors (Lipinski definition) is 7. The summed E-state index contributed by atoms with van der Waals surface area (Å²) in [4.78, 5) is 13.9. The van der Waals surface area contributed by atoms with E-state index in [1.165, 1.54) is 18.6 Å². The van der Waals surface area contributed by atoms with E-state index in [2.05, 4.69) is 33.7 Å². The zero-order valence-electron chi connectivity index (χ0n) is 12.3. The normalized spacial score (nSPS) is 22.9. The molecule has 0 aliphatic carbocycles. The molecule has 6 nitrogen and oxygen atoms in total. The largest absolute Gasteiger partial charge is 0.469 e. The maximum atomic E-state index is 11.7. The van der Waals surface area contributed by atoms with E-state index in [-0.39, 0.29) is 11.9 Å². The Balaban J connectivity index is 1.94. The van der Waals surface area contributed by atoms with Crippen LogP contribution in [-0.2, 0) is 16.1 Å². The summed E-state index contributed by atoms with van der Waals surface area (Å²) in [5.41, 5.74) is 0.973. The fourth-order valence-corrected chi connectivity index (χ4v) is 3.15. The average Bonchev–Trinajstić information content (AvgIpc) is 3.03. The number of carbonyl (C=O) groups is 1. The molecule has 0 saturated carbocycles. The van der Waals surface area contributed by atoms with E-state index < -0.39 is 0 Å². The van der Waals surface area contributed by atoms with E-state index in [9.17, 15) is 4.79 Å². The van der Waals surface area contributed by atoms with Crippen LogP contribution in [0.4, 0.5) is 5.00 Å². The van der Waals surface area contributed by atoms with Crippen LogP contribution in [0.3, 0.4) is 0 Å². The SMILES string of the molecule is CCCNc1snnc1CN1CC(C)C(C(=O)OC)C1. The molecule has 0 aromatic carbocycles. The van der Waals surface area contributed by atoms with E-state index >= 15 is 0 Å². The van der Waals surface area contributed by atoms with Gasteiger partial charge >= 0.3 is 5.97 Å². The van der Waals surface area contributed by atoms with Crippen molar-refractivity contribution in [3.05, 3.63) is 5.69 Å². The van der Waals surface area contributed by atoms with Crippen molar-refractivity contribution in [1.82, 2.24) is 14.5 Å². The van der Waals surface area contributed by atoms with Crippen molar-refractivity contribution < 1.29 is 9.53 Å². The van der Waals surface area contributed by atoms with Crippen molar-refractivity contribution in [3.8, 4) is 0 Å². The number of carbonyl (C=O) groups excluding carboxylic acids is 1. The number of nitrogens with zero attached hydrogens (tertiary/aromatic N) is 3. The van der Waals surface area contributed by atoms with E-state index in [0.717, 1.165) is 43.3 Å². The molecule has 1 aromatic rings. The highest BCUT2D eigenvalue weighted by Gasteiger charge is 2.35. The lowest BCUT2D eigenvalue weighted by atomic mass is 9.99. The number of rotatable bonds is 6. The van der Waals surface area contributed by atoms with Gasteiger partial charge in [0.1, 0.15) is 10.7 Å². The molecule has 1 aromatic heterocycles. The molecule has 112 valence electrons. The van der Waals surface area contributed by atoms with Crippen LogP contribution in [0, 0.1) is 11.8 Å². The van der Waals surface area contributed by atoms with Gasteiger partial charge in [-0.3, -0.25) is 9.69 Å². The van der Waals surface area contributed by atoms with Gasteiger partial charge in [-0.05, 0) is 12.3 Å². The Hall–Kier alpha value is -1.21. The van der Waals surface area contributed by atoms with E-state index in [1.54, 1.807) is 0 Å². The van der Waals surface area contributed by atoms with Gasteiger partial charge in [0.15, 0.2) is 0 Å². The summed E-state index contributed by atoms with van der Waals surface area (Å²) in [5.74, 6) is 0.181. The molecule has 2 atom stereocenters. The quantitative estimate of drug-likeness (QED) is 0.805. The number of ether oxygens (including phenoxy) is 1. The fraction of sp³-hybridized carbons (Fsp3) is 0.769. The van der Waals surface area contributed by atoms with E-state index in [4.69, 9.17) is 4.74 Å². The summed E-state index contributed by atoms with van der Waals surface area (Å²) >= 11 is 1.39. The zero-order valence-corrected chi connectivity index (χ0v) is 13.1. The van der Waals surface area contributed by atoms with Gasteiger partial charge in [0.05, 0.1) is 13.0 Å². The first-order chi connectivity index (χ1) is 9.65. The molecule has 1 N–H and O–H groups in total. The number of aromatic nitrogens is 2. The highest BCUT2D eigenvalue weighted by atomic mass is 32.1. The molecule has 1 aliphatic rings. The Morgan fingerprint density at radius 3 is 3.05 bits per heavy atom. The standard InChI is InChI=1S/C13H22N4O2S/c1-4-5-14-12-11(15-16-20-12)8-17-6-9(2)10(7-17)13(18)19-3/h9-10,14H,4-8H2,1-3H3. The average molecular weight is 298 g/mol. The van der Waals surface area contributed by atoms with Gasteiger partial charge in [0.25, 0.3) is 0 Å². The molecule has 0 bridgehead atoms. The van der Waals surface area contributed by atoms with Crippen molar-refractivity contribution in [3.63, 3.8) is 0 Å². The monoisotopic (exact) mass is 298 g/mol. The molecule has 7 heteroatoms. The lowest BCUT2D eigenvalue weighted by Crippen LogP contribution is -2.24. The molecule has 0 spiro atoms. The number of esters is 1. The van der Waals surface area contributed by atoms with Gasteiger partial charge in [-0.2, -0.15) is 0 Å². The summed E-state index contributed by atoms with van der Waals surface area (Å²) in [5, 5.41) is 8.59. The highest BCUT2D eigenvalue weighted by Crippen LogP contribution is 2.27. The molecular formula is C13H22N4O2S. The summed E-state index contributed by atoms with van der Waals surface area (Å²) in [6.45, 7) is 7.52. The first kappa shape index (κ1) is 15.2. The predicted molar refractivity (Wildman–Crippen MR) is 78.6 cm³/mol. The number of methoxy groups -OCH3 is 1. The molecular weight excluding hydrogens is 276 g/mol. The van der Waals surface area contributed by atoms with Crippen LogP contribution in [0.2, 0.25) is 0 Å². The van der Waals surface area contributed by atoms with Crippen LogP contribution in [0.1, 0.15) is 26.0 Å². The topological polar surface area (TPSA) is 67.4 Å². The number of hydrogen-bond donors (Lipinski definition) is 1. The Labute approximate surface area is 123 Å². The minimum atomic E-state index is -0.110. The third-order valence-electron chi connectivity index (χ3n) is 3.66. The summed E-state index contributed by atoms with van der Waals surface area (Å²) in [6.07, 6.45) is 1.07. The van der Waals surface area contributed by atoms with Crippen molar-refractivity contribution in [2.75, 3.05) is 32.1 Å². The lowest BCUT2D eigenvalue weighted by molar-refractivity contribution is -0.146. The molecule has 2 unspecified atom stereocenters. The molecule has 20 heavy (non-hydrogen) atoms. The van der Waals surface area contributed by atoms with E-state index in [1.807, 2.05) is 0 Å². The van der Waals surface area contributed by atoms with Gasteiger partial charge < -0.3 is 10.1 Å². The van der Waals surface area contributed by atoms with Crippen LogP contribution < -0.4 is 5.32 Å². The van der Waals surface area contributed by atoms with Crippen molar-refractivity contribution in [2.24, 2.45) is 11.8 Å². The predicted octanol–water partition coefficient (Wildman–Crippen LogP) is 1.60. The zero-order chi connectivity index (χ0) is 14.5. The van der Waals surface area contributed by atoms with Crippen molar-refractivity contribution in [2.45, 2.75) is 26.8 Å². The van der Waals surface area contributed by atoms with Gasteiger partial charge in [0.2, 0.25) is 0 Å². The number of likely N-dealkylation sites (tertiary alicyclic amines) is 1. The Kier molecular flexibility index (Phi) is 5.31. The van der Waals surface area contributed by atoms with Crippen LogP contribution in [0.25, 0.3) is 0 Å². The second-order valence-corrected chi connectivity index (χ2v) is 6.03. The van der Waals surface area contributed by atoms with Crippen LogP contribution >= 0.6 is 11.5 Å². The summed E-state index contributed by atoms with van der Waals surface area (Å²) in [6, 6.07) is 0. The third kappa shape index (κ3) is 3.46. The fourth-order valence-electron chi connectivity index (χ4n) is 2.55. The molecule has 0 amide bonds. The smallest absolute Gasteiger partial charge is 0.310 e. The maximum Gasteiger partial charge on any atom is 0.310 e. The van der Waals surface area contributed by atoms with Crippen molar-refractivity contribution in [1.29, 1.82) is 0 Å². The molecule has 1 fully saturated rings. The number of anilines is 1. The highest BCUT2D eigenvalue weighted by molar-refractivity contribution is 7.10. The second-order valence-electron chi connectivity index (χ2n) is 5.28. The Morgan fingerprint density at radius 1 is 1.55 bits per heavy atom.